The summed E-state index contributed by atoms with van der Waals surface area (Å²) >= 11 is 1.47. The third-order valence-corrected chi connectivity index (χ3v) is 6.31. The Kier molecular flexibility index (Phi) is 4.42. The topological polar surface area (TPSA) is 51.3 Å². The highest BCUT2D eigenvalue weighted by Gasteiger charge is 2.46. The molecular weight excluding hydrogens is 359 g/mol. The minimum absolute atomic E-state index is 0.00213. The van der Waals surface area contributed by atoms with Crippen molar-refractivity contribution in [3.05, 3.63) is 53.6 Å². The normalized spacial score (nSPS) is 25.5. The van der Waals surface area contributed by atoms with Crippen molar-refractivity contribution in [3.63, 3.8) is 0 Å². The van der Waals surface area contributed by atoms with E-state index in [2.05, 4.69) is 9.98 Å². The summed E-state index contributed by atoms with van der Waals surface area (Å²) in [4.78, 5) is 8.21. The Bertz CT molecular complexity index is 886. The molecule has 0 bridgehead atoms. The summed E-state index contributed by atoms with van der Waals surface area (Å²) in [6.45, 7) is 0. The van der Waals surface area contributed by atoms with Gasteiger partial charge in [0.15, 0.2) is 5.17 Å². The predicted molar refractivity (Wildman–Crippen MR) is 97.3 cm³/mol. The van der Waals surface area contributed by atoms with Gasteiger partial charge in [-0.05, 0) is 37.0 Å². The third kappa shape index (κ3) is 2.78. The van der Waals surface area contributed by atoms with Crippen LogP contribution in [0.5, 0.6) is 0 Å². The minimum Gasteiger partial charge on any atom is -0.379 e. The molecule has 136 valence electrons. The van der Waals surface area contributed by atoms with E-state index < -0.39 is 23.1 Å². The quantitative estimate of drug-likeness (QED) is 0.778. The van der Waals surface area contributed by atoms with Gasteiger partial charge in [-0.3, -0.25) is 4.99 Å². The first-order chi connectivity index (χ1) is 12.5. The fourth-order valence-electron chi connectivity index (χ4n) is 4.10. The molecule has 7 heteroatoms. The molecule has 0 amide bonds. The molecule has 2 aromatic rings. The van der Waals surface area contributed by atoms with Gasteiger partial charge in [-0.15, -0.1) is 0 Å². The summed E-state index contributed by atoms with van der Waals surface area (Å²) in [6, 6.07) is 5.18. The van der Waals surface area contributed by atoms with Crippen LogP contribution in [0.2, 0.25) is 0 Å². The molecule has 0 saturated heterocycles. The number of fused-ring (bicyclic) bond motifs is 1. The van der Waals surface area contributed by atoms with Crippen LogP contribution < -0.4 is 5.73 Å². The second-order valence-electron chi connectivity index (χ2n) is 6.78. The van der Waals surface area contributed by atoms with Gasteiger partial charge in [0.1, 0.15) is 11.6 Å². The van der Waals surface area contributed by atoms with Gasteiger partial charge in [0.05, 0.1) is 5.54 Å². The molecule has 1 fully saturated rings. The van der Waals surface area contributed by atoms with E-state index in [1.807, 2.05) is 0 Å². The van der Waals surface area contributed by atoms with Crippen molar-refractivity contribution in [3.8, 4) is 11.1 Å². The van der Waals surface area contributed by atoms with Crippen LogP contribution >= 0.6 is 11.8 Å². The first-order valence-electron chi connectivity index (χ1n) is 8.60. The Morgan fingerprint density at radius 3 is 2.77 bits per heavy atom. The first-order valence-corrected chi connectivity index (χ1v) is 9.58. The van der Waals surface area contributed by atoms with Gasteiger partial charge < -0.3 is 5.73 Å². The largest absolute Gasteiger partial charge is 0.379 e. The zero-order valence-electron chi connectivity index (χ0n) is 14.0. The van der Waals surface area contributed by atoms with Gasteiger partial charge in [0.2, 0.25) is 5.95 Å². The van der Waals surface area contributed by atoms with Crippen LogP contribution in [0.25, 0.3) is 11.1 Å². The van der Waals surface area contributed by atoms with Crippen LogP contribution in [0.4, 0.5) is 13.2 Å². The number of thioether (sulfide) groups is 1. The molecule has 0 radical (unpaired) electrons. The molecule has 3 nitrogen and oxygen atoms in total. The first kappa shape index (κ1) is 17.4. The molecule has 2 atom stereocenters. The molecule has 1 aromatic carbocycles. The van der Waals surface area contributed by atoms with Crippen molar-refractivity contribution in [1.29, 1.82) is 0 Å². The fraction of sp³-hybridized carbons (Fsp3) is 0.368. The molecular formula is C19H18F3N3S. The Morgan fingerprint density at radius 2 is 1.96 bits per heavy atom. The monoisotopic (exact) mass is 377 g/mol. The molecule has 26 heavy (non-hydrogen) atoms. The lowest BCUT2D eigenvalue weighted by Gasteiger charge is -2.44. The van der Waals surface area contributed by atoms with E-state index in [1.54, 1.807) is 0 Å². The minimum atomic E-state index is -0.816. The van der Waals surface area contributed by atoms with E-state index in [0.717, 1.165) is 31.1 Å². The summed E-state index contributed by atoms with van der Waals surface area (Å²) < 4.78 is 43.4. The van der Waals surface area contributed by atoms with Crippen LogP contribution in [-0.2, 0) is 5.54 Å². The molecule has 0 spiro atoms. The van der Waals surface area contributed by atoms with E-state index in [9.17, 15) is 13.2 Å². The molecule has 1 aliphatic heterocycles. The van der Waals surface area contributed by atoms with Crippen LogP contribution in [0.3, 0.4) is 0 Å². The molecule has 1 saturated carbocycles. The molecule has 1 aliphatic carbocycles. The number of halogens is 3. The fourth-order valence-corrected chi connectivity index (χ4v) is 5.14. The number of nitrogens with zero attached hydrogens (tertiary/aromatic N) is 2. The standard InChI is InChI=1S/C19H18F3N3S/c20-15-9-16(21)14(8-13(15)12-5-3-7-24-17(12)22)19-6-2-1-4-11(19)10-26-18(23)25-19/h3,5,7-9,11H,1-2,4,6,10H2,(H2,23,25). The molecule has 2 heterocycles. The SMILES string of the molecule is NC1=NC2(c3cc(-c4cccnc4F)c(F)cc3F)CCCCC2CS1. The summed E-state index contributed by atoms with van der Waals surface area (Å²) in [5.74, 6) is -1.39. The Hall–Kier alpha value is -2.02. The van der Waals surface area contributed by atoms with E-state index in [1.165, 1.54) is 36.2 Å². The summed E-state index contributed by atoms with van der Waals surface area (Å²) in [5.41, 5.74) is 5.46. The lowest BCUT2D eigenvalue weighted by Crippen LogP contribution is -2.43. The Morgan fingerprint density at radius 1 is 1.12 bits per heavy atom. The van der Waals surface area contributed by atoms with Crippen molar-refractivity contribution in [2.45, 2.75) is 31.2 Å². The number of nitrogens with two attached hydrogens (primary N) is 1. The summed E-state index contributed by atoms with van der Waals surface area (Å²) in [6.07, 6.45) is 4.80. The number of amidine groups is 1. The van der Waals surface area contributed by atoms with Crippen molar-refractivity contribution < 1.29 is 13.2 Å². The number of aliphatic imine (C=N–C) groups is 1. The van der Waals surface area contributed by atoms with Gasteiger partial charge >= 0.3 is 0 Å². The van der Waals surface area contributed by atoms with Crippen molar-refractivity contribution >= 4 is 16.9 Å². The van der Waals surface area contributed by atoms with E-state index in [-0.39, 0.29) is 17.0 Å². The van der Waals surface area contributed by atoms with Crippen molar-refractivity contribution in [1.82, 2.24) is 4.98 Å². The molecule has 4 rings (SSSR count). The maximum absolute atomic E-state index is 14.9. The zero-order valence-corrected chi connectivity index (χ0v) is 14.8. The number of hydrogen-bond donors (Lipinski definition) is 1. The average Bonchev–Trinajstić information content (AvgIpc) is 2.62. The maximum Gasteiger partial charge on any atom is 0.220 e. The molecule has 2 N–H and O–H groups in total. The molecule has 1 aromatic heterocycles. The van der Waals surface area contributed by atoms with Crippen molar-refractivity contribution in [2.75, 3.05) is 5.75 Å². The number of hydrogen-bond acceptors (Lipinski definition) is 4. The lowest BCUT2D eigenvalue weighted by atomic mass is 9.69. The highest BCUT2D eigenvalue weighted by atomic mass is 32.2. The second-order valence-corrected chi connectivity index (χ2v) is 7.82. The van der Waals surface area contributed by atoms with Crippen LogP contribution in [0.1, 0.15) is 31.2 Å². The van der Waals surface area contributed by atoms with E-state index >= 15 is 0 Å². The van der Waals surface area contributed by atoms with E-state index in [0.29, 0.717) is 17.2 Å². The number of rotatable bonds is 2. The summed E-state index contributed by atoms with van der Waals surface area (Å²) in [5, 5.41) is 0.418. The Labute approximate surface area is 153 Å². The Balaban J connectivity index is 1.93. The second kappa shape index (κ2) is 6.61. The number of pyridine rings is 1. The third-order valence-electron chi connectivity index (χ3n) is 5.35. The lowest BCUT2D eigenvalue weighted by molar-refractivity contribution is 0.206. The van der Waals surface area contributed by atoms with Gasteiger partial charge in [0.25, 0.3) is 0 Å². The smallest absolute Gasteiger partial charge is 0.220 e. The highest BCUT2D eigenvalue weighted by molar-refractivity contribution is 8.13. The zero-order chi connectivity index (χ0) is 18.3. The molecule has 2 aliphatic rings. The van der Waals surface area contributed by atoms with Gasteiger partial charge in [-0.25, -0.2) is 13.8 Å². The van der Waals surface area contributed by atoms with E-state index in [4.69, 9.17) is 5.73 Å². The predicted octanol–water partition coefficient (Wildman–Crippen LogP) is 4.61. The van der Waals surface area contributed by atoms with Crippen molar-refractivity contribution in [2.24, 2.45) is 16.6 Å². The number of benzene rings is 1. The van der Waals surface area contributed by atoms with Crippen LogP contribution in [0, 0.1) is 23.5 Å². The van der Waals surface area contributed by atoms with Gasteiger partial charge in [-0.2, -0.15) is 4.39 Å². The van der Waals surface area contributed by atoms with Gasteiger partial charge in [-0.1, -0.05) is 24.6 Å². The van der Waals surface area contributed by atoms with Crippen LogP contribution in [-0.4, -0.2) is 15.9 Å². The highest BCUT2D eigenvalue weighted by Crippen LogP contribution is 2.50. The maximum atomic E-state index is 14.9. The number of aromatic nitrogens is 1. The molecule has 2 unspecified atom stereocenters. The average molecular weight is 377 g/mol. The summed E-state index contributed by atoms with van der Waals surface area (Å²) in [7, 11) is 0. The van der Waals surface area contributed by atoms with Crippen LogP contribution in [0.15, 0.2) is 35.5 Å². The van der Waals surface area contributed by atoms with Gasteiger partial charge in [0, 0.05) is 34.7 Å².